The van der Waals surface area contributed by atoms with Crippen molar-refractivity contribution in [3.8, 4) is 0 Å². The number of aryl methyl sites for hydroxylation is 1. The fourth-order valence-electron chi connectivity index (χ4n) is 2.61. The van der Waals surface area contributed by atoms with Gasteiger partial charge in [0, 0.05) is 5.69 Å². The number of hydrogen-bond donors (Lipinski definition) is 2. The first-order valence-corrected chi connectivity index (χ1v) is 6.68. The van der Waals surface area contributed by atoms with Crippen molar-refractivity contribution >= 4 is 17.6 Å². The normalized spacial score (nSPS) is 22.8. The molecule has 1 aliphatic carbocycles. The molecule has 0 heterocycles. The summed E-state index contributed by atoms with van der Waals surface area (Å²) in [6.07, 6.45) is 3.08. The Morgan fingerprint density at radius 2 is 1.68 bits per heavy atom. The fraction of sp³-hybridized carbons (Fsp3) is 0.467. The molecule has 0 aromatic heterocycles. The number of carboxylic acids is 1. The van der Waals surface area contributed by atoms with Crippen LogP contribution in [0.25, 0.3) is 0 Å². The lowest BCUT2D eigenvalue weighted by atomic mass is 9.78. The zero-order chi connectivity index (χ0) is 13.8. The molecule has 0 radical (unpaired) electrons. The van der Waals surface area contributed by atoms with E-state index < -0.39 is 17.8 Å². The number of carbonyl (C=O) groups excluding carboxylic acids is 1. The van der Waals surface area contributed by atoms with Crippen molar-refractivity contribution in [2.24, 2.45) is 11.8 Å². The highest BCUT2D eigenvalue weighted by atomic mass is 16.4. The first-order chi connectivity index (χ1) is 9.08. The van der Waals surface area contributed by atoms with E-state index in [9.17, 15) is 14.7 Å². The molecule has 1 amide bonds. The highest BCUT2D eigenvalue weighted by molar-refractivity contribution is 5.95. The molecular formula is C15H19NO3. The van der Waals surface area contributed by atoms with Gasteiger partial charge in [0.25, 0.3) is 0 Å². The predicted molar refractivity (Wildman–Crippen MR) is 72.9 cm³/mol. The summed E-state index contributed by atoms with van der Waals surface area (Å²) in [4.78, 5) is 23.4. The van der Waals surface area contributed by atoms with Gasteiger partial charge in [-0.05, 0) is 31.9 Å². The second-order valence-electron chi connectivity index (χ2n) is 5.19. The molecule has 0 aliphatic heterocycles. The van der Waals surface area contributed by atoms with Crippen molar-refractivity contribution in [1.82, 2.24) is 0 Å². The number of hydrogen-bond acceptors (Lipinski definition) is 2. The van der Waals surface area contributed by atoms with Gasteiger partial charge >= 0.3 is 5.97 Å². The third-order valence-corrected chi connectivity index (χ3v) is 3.74. The van der Waals surface area contributed by atoms with Crippen LogP contribution in [-0.4, -0.2) is 17.0 Å². The zero-order valence-corrected chi connectivity index (χ0v) is 11.1. The summed E-state index contributed by atoms with van der Waals surface area (Å²) < 4.78 is 0. The van der Waals surface area contributed by atoms with E-state index >= 15 is 0 Å². The van der Waals surface area contributed by atoms with Gasteiger partial charge in [0.1, 0.15) is 0 Å². The molecule has 19 heavy (non-hydrogen) atoms. The third-order valence-electron chi connectivity index (χ3n) is 3.74. The molecule has 102 valence electrons. The number of carboxylic acid groups (broad SMARTS) is 1. The van der Waals surface area contributed by atoms with E-state index in [1.807, 2.05) is 31.2 Å². The monoisotopic (exact) mass is 261 g/mol. The molecule has 0 spiro atoms. The predicted octanol–water partition coefficient (Wildman–Crippen LogP) is 2.82. The van der Waals surface area contributed by atoms with Crippen molar-refractivity contribution in [3.05, 3.63) is 29.8 Å². The molecule has 1 aromatic rings. The molecule has 4 nitrogen and oxygen atoms in total. The number of carbonyl (C=O) groups is 2. The third kappa shape index (κ3) is 3.34. The molecule has 2 rings (SSSR count). The van der Waals surface area contributed by atoms with Gasteiger partial charge in [-0.1, -0.05) is 30.5 Å². The number of amides is 1. The Kier molecular flexibility index (Phi) is 4.20. The summed E-state index contributed by atoms with van der Waals surface area (Å²) >= 11 is 0. The molecule has 4 heteroatoms. The average molecular weight is 261 g/mol. The Bertz CT molecular complexity index is 467. The molecule has 0 saturated heterocycles. The largest absolute Gasteiger partial charge is 0.481 e. The lowest BCUT2D eigenvalue weighted by molar-refractivity contribution is -0.147. The van der Waals surface area contributed by atoms with Crippen LogP contribution >= 0.6 is 0 Å². The summed E-state index contributed by atoms with van der Waals surface area (Å²) in [6, 6.07) is 7.52. The van der Waals surface area contributed by atoms with Gasteiger partial charge in [-0.15, -0.1) is 0 Å². The first-order valence-electron chi connectivity index (χ1n) is 6.68. The maximum Gasteiger partial charge on any atom is 0.307 e. The minimum Gasteiger partial charge on any atom is -0.481 e. The van der Waals surface area contributed by atoms with Gasteiger partial charge in [0.05, 0.1) is 11.8 Å². The van der Waals surface area contributed by atoms with Crippen LogP contribution in [-0.2, 0) is 9.59 Å². The standard InChI is InChI=1S/C15H19NO3/c1-10-6-8-11(9-7-10)16-14(17)12-4-2-3-5-13(12)15(18)19/h6-9,12-13H,2-5H2,1H3,(H,16,17)(H,18,19)/t12-,13-/m0/s1. The maximum absolute atomic E-state index is 12.2. The first kappa shape index (κ1) is 13.6. The van der Waals surface area contributed by atoms with Crippen molar-refractivity contribution in [2.45, 2.75) is 32.6 Å². The number of anilines is 1. The van der Waals surface area contributed by atoms with Gasteiger partial charge in [-0.2, -0.15) is 0 Å². The number of nitrogens with one attached hydrogen (secondary N) is 1. The van der Waals surface area contributed by atoms with Crippen LogP contribution in [0.2, 0.25) is 0 Å². The molecule has 1 saturated carbocycles. The Balaban J connectivity index is 2.05. The van der Waals surface area contributed by atoms with E-state index in [2.05, 4.69) is 5.32 Å². The van der Waals surface area contributed by atoms with Crippen molar-refractivity contribution in [2.75, 3.05) is 5.32 Å². The fourth-order valence-corrected chi connectivity index (χ4v) is 2.61. The smallest absolute Gasteiger partial charge is 0.307 e. The molecule has 1 aliphatic rings. The second-order valence-corrected chi connectivity index (χ2v) is 5.19. The summed E-state index contributed by atoms with van der Waals surface area (Å²) in [5.74, 6) is -1.98. The lowest BCUT2D eigenvalue weighted by Crippen LogP contribution is -2.36. The Morgan fingerprint density at radius 3 is 2.26 bits per heavy atom. The Hall–Kier alpha value is -1.84. The molecule has 2 N–H and O–H groups in total. The summed E-state index contributed by atoms with van der Waals surface area (Å²) in [6.45, 7) is 1.98. The van der Waals surface area contributed by atoms with Crippen LogP contribution in [0.15, 0.2) is 24.3 Å². The minimum atomic E-state index is -0.858. The van der Waals surface area contributed by atoms with Crippen LogP contribution in [0.5, 0.6) is 0 Å². The van der Waals surface area contributed by atoms with Gasteiger partial charge in [0.2, 0.25) is 5.91 Å². The lowest BCUT2D eigenvalue weighted by Gasteiger charge is -2.27. The Labute approximate surface area is 112 Å². The highest BCUT2D eigenvalue weighted by Gasteiger charge is 2.35. The number of rotatable bonds is 3. The molecule has 2 atom stereocenters. The molecule has 0 bridgehead atoms. The van der Waals surface area contributed by atoms with Gasteiger partial charge in [0.15, 0.2) is 0 Å². The quantitative estimate of drug-likeness (QED) is 0.879. The SMILES string of the molecule is Cc1ccc(NC(=O)[C@H]2CCCC[C@@H]2C(=O)O)cc1. The van der Waals surface area contributed by atoms with Gasteiger partial charge < -0.3 is 10.4 Å². The van der Waals surface area contributed by atoms with Gasteiger partial charge in [-0.25, -0.2) is 0 Å². The maximum atomic E-state index is 12.2. The number of benzene rings is 1. The summed E-state index contributed by atoms with van der Waals surface area (Å²) in [5.41, 5.74) is 1.85. The van der Waals surface area contributed by atoms with Crippen LogP contribution in [0.3, 0.4) is 0 Å². The van der Waals surface area contributed by atoms with Crippen LogP contribution in [0, 0.1) is 18.8 Å². The van der Waals surface area contributed by atoms with Crippen molar-refractivity contribution < 1.29 is 14.7 Å². The average Bonchev–Trinajstić information content (AvgIpc) is 2.41. The number of aliphatic carboxylic acids is 1. The van der Waals surface area contributed by atoms with Crippen molar-refractivity contribution in [1.29, 1.82) is 0 Å². The molecular weight excluding hydrogens is 242 g/mol. The van der Waals surface area contributed by atoms with E-state index in [1.54, 1.807) is 0 Å². The second kappa shape index (κ2) is 5.87. The molecule has 1 aromatic carbocycles. The highest BCUT2D eigenvalue weighted by Crippen LogP contribution is 2.31. The van der Waals surface area contributed by atoms with E-state index in [-0.39, 0.29) is 5.91 Å². The van der Waals surface area contributed by atoms with E-state index in [0.29, 0.717) is 12.8 Å². The molecule has 0 unspecified atom stereocenters. The summed E-state index contributed by atoms with van der Waals surface area (Å²) in [7, 11) is 0. The van der Waals surface area contributed by atoms with E-state index in [1.165, 1.54) is 0 Å². The van der Waals surface area contributed by atoms with Crippen LogP contribution < -0.4 is 5.32 Å². The molecule has 1 fully saturated rings. The van der Waals surface area contributed by atoms with Crippen molar-refractivity contribution in [3.63, 3.8) is 0 Å². The topological polar surface area (TPSA) is 66.4 Å². The van der Waals surface area contributed by atoms with E-state index in [4.69, 9.17) is 0 Å². The zero-order valence-electron chi connectivity index (χ0n) is 11.1. The van der Waals surface area contributed by atoms with Crippen LogP contribution in [0.1, 0.15) is 31.2 Å². The summed E-state index contributed by atoms with van der Waals surface area (Å²) in [5, 5.41) is 12.0. The van der Waals surface area contributed by atoms with Gasteiger partial charge in [-0.3, -0.25) is 9.59 Å². The van der Waals surface area contributed by atoms with E-state index in [0.717, 1.165) is 24.1 Å². The Morgan fingerprint density at radius 1 is 1.11 bits per heavy atom. The minimum absolute atomic E-state index is 0.170. The van der Waals surface area contributed by atoms with Crippen LogP contribution in [0.4, 0.5) is 5.69 Å².